The Labute approximate surface area is 146 Å². The number of aliphatic imine (C=N–C) groups is 1. The van der Waals surface area contributed by atoms with Crippen molar-refractivity contribution in [2.24, 2.45) is 16.8 Å². The van der Waals surface area contributed by atoms with E-state index in [4.69, 9.17) is 9.47 Å². The fourth-order valence-electron chi connectivity index (χ4n) is 2.78. The molecule has 5 nitrogen and oxygen atoms in total. The van der Waals surface area contributed by atoms with Crippen LogP contribution in [-0.4, -0.2) is 51.3 Å². The lowest BCUT2D eigenvalue weighted by molar-refractivity contribution is 0.181. The summed E-state index contributed by atoms with van der Waals surface area (Å²) < 4.78 is 11.2. The van der Waals surface area contributed by atoms with Gasteiger partial charge in [-0.2, -0.15) is 0 Å². The first-order chi connectivity index (χ1) is 11.6. The second-order valence-electron chi connectivity index (χ2n) is 6.86. The zero-order chi connectivity index (χ0) is 17.4. The summed E-state index contributed by atoms with van der Waals surface area (Å²) in [5, 5.41) is 3.43. The molecule has 1 N–H and O–H groups in total. The van der Waals surface area contributed by atoms with Crippen molar-refractivity contribution in [3.05, 3.63) is 29.8 Å². The van der Waals surface area contributed by atoms with Crippen LogP contribution in [0.1, 0.15) is 25.8 Å². The number of hydrogen-bond donors (Lipinski definition) is 1. The van der Waals surface area contributed by atoms with Crippen molar-refractivity contribution in [3.63, 3.8) is 0 Å². The second-order valence-corrected chi connectivity index (χ2v) is 6.86. The van der Waals surface area contributed by atoms with Crippen molar-refractivity contribution >= 4 is 5.96 Å². The topological polar surface area (TPSA) is 46.1 Å². The predicted molar refractivity (Wildman–Crippen MR) is 98.5 cm³/mol. The number of ether oxygens (including phenoxy) is 2. The molecule has 1 fully saturated rings. The minimum absolute atomic E-state index is 0.527. The van der Waals surface area contributed by atoms with E-state index in [2.05, 4.69) is 48.2 Å². The van der Waals surface area contributed by atoms with Gasteiger partial charge in [-0.25, -0.2) is 0 Å². The Morgan fingerprint density at radius 1 is 1.46 bits per heavy atom. The second kappa shape index (κ2) is 9.52. The lowest BCUT2D eigenvalue weighted by Crippen LogP contribution is -2.41. The summed E-state index contributed by atoms with van der Waals surface area (Å²) in [6, 6.07) is 8.24. The molecule has 0 saturated carbocycles. The smallest absolute Gasteiger partial charge is 0.193 e. The van der Waals surface area contributed by atoms with Crippen molar-refractivity contribution in [1.29, 1.82) is 0 Å². The van der Waals surface area contributed by atoms with Gasteiger partial charge in [0.15, 0.2) is 5.96 Å². The Morgan fingerprint density at radius 2 is 2.29 bits per heavy atom. The van der Waals surface area contributed by atoms with Gasteiger partial charge >= 0.3 is 0 Å². The van der Waals surface area contributed by atoms with Gasteiger partial charge in [0.1, 0.15) is 5.75 Å². The third-order valence-corrected chi connectivity index (χ3v) is 4.06. The molecule has 1 saturated heterocycles. The minimum atomic E-state index is 0.527. The van der Waals surface area contributed by atoms with Gasteiger partial charge in [0.25, 0.3) is 0 Å². The molecule has 0 spiro atoms. The molecule has 0 radical (unpaired) electrons. The molecule has 0 aliphatic carbocycles. The minimum Gasteiger partial charge on any atom is -0.493 e. The fourth-order valence-corrected chi connectivity index (χ4v) is 2.78. The highest BCUT2D eigenvalue weighted by atomic mass is 16.5. The largest absolute Gasteiger partial charge is 0.493 e. The molecule has 0 amide bonds. The van der Waals surface area contributed by atoms with Crippen LogP contribution in [0, 0.1) is 11.8 Å². The first-order valence-electron chi connectivity index (χ1n) is 8.79. The van der Waals surface area contributed by atoms with Crippen molar-refractivity contribution in [1.82, 2.24) is 10.2 Å². The molecule has 5 heteroatoms. The number of nitrogens with one attached hydrogen (secondary N) is 1. The van der Waals surface area contributed by atoms with E-state index in [9.17, 15) is 0 Å². The SMILES string of the molecule is CN=C(NCc1cccc(OCC(C)C)c1)N(C)CC1CCOC1. The van der Waals surface area contributed by atoms with Gasteiger partial charge in [-0.05, 0) is 30.0 Å². The Hall–Kier alpha value is -1.75. The number of benzene rings is 1. The molecule has 1 aromatic rings. The van der Waals surface area contributed by atoms with Gasteiger partial charge in [0.2, 0.25) is 0 Å². The highest BCUT2D eigenvalue weighted by Gasteiger charge is 2.18. The first-order valence-corrected chi connectivity index (χ1v) is 8.79. The molecule has 0 aromatic heterocycles. The highest BCUT2D eigenvalue weighted by Crippen LogP contribution is 2.15. The van der Waals surface area contributed by atoms with Crippen molar-refractivity contribution < 1.29 is 9.47 Å². The molecule has 1 atom stereocenters. The number of guanidine groups is 1. The molecular weight excluding hydrogens is 302 g/mol. The number of nitrogens with zero attached hydrogens (tertiary/aromatic N) is 2. The fraction of sp³-hybridized carbons (Fsp3) is 0.632. The van der Waals surface area contributed by atoms with E-state index in [-0.39, 0.29) is 0 Å². The van der Waals surface area contributed by atoms with E-state index in [0.29, 0.717) is 11.8 Å². The molecule has 1 unspecified atom stereocenters. The average molecular weight is 333 g/mol. The third-order valence-electron chi connectivity index (χ3n) is 4.06. The van der Waals surface area contributed by atoms with E-state index in [1.165, 1.54) is 5.56 Å². The number of rotatable bonds is 7. The van der Waals surface area contributed by atoms with E-state index in [0.717, 1.165) is 51.0 Å². The van der Waals surface area contributed by atoms with E-state index in [1.54, 1.807) is 0 Å². The van der Waals surface area contributed by atoms with Gasteiger partial charge < -0.3 is 19.7 Å². The van der Waals surface area contributed by atoms with Gasteiger partial charge in [0, 0.05) is 39.7 Å². The Balaban J connectivity index is 1.84. The van der Waals surface area contributed by atoms with Crippen LogP contribution in [0.15, 0.2) is 29.3 Å². The van der Waals surface area contributed by atoms with Gasteiger partial charge in [-0.3, -0.25) is 4.99 Å². The van der Waals surface area contributed by atoms with Crippen LogP contribution in [0.2, 0.25) is 0 Å². The van der Waals surface area contributed by atoms with Gasteiger partial charge in [-0.15, -0.1) is 0 Å². The van der Waals surface area contributed by atoms with Crippen LogP contribution in [0.4, 0.5) is 0 Å². The number of hydrogen-bond acceptors (Lipinski definition) is 3. The molecule has 1 aromatic carbocycles. The normalized spacial score (nSPS) is 18.0. The molecular formula is C19H31N3O2. The van der Waals surface area contributed by atoms with Crippen molar-refractivity contribution in [3.8, 4) is 5.75 Å². The third kappa shape index (κ3) is 6.04. The average Bonchev–Trinajstić information content (AvgIpc) is 3.07. The summed E-state index contributed by atoms with van der Waals surface area (Å²) >= 11 is 0. The summed E-state index contributed by atoms with van der Waals surface area (Å²) in [5.74, 6) is 2.96. The maximum Gasteiger partial charge on any atom is 0.193 e. The van der Waals surface area contributed by atoms with Crippen LogP contribution in [0.3, 0.4) is 0 Å². The standard InChI is InChI=1S/C19H31N3O2/c1-15(2)13-24-18-7-5-6-16(10-18)11-21-19(20-3)22(4)12-17-8-9-23-14-17/h5-7,10,15,17H,8-9,11-14H2,1-4H3,(H,20,21). The molecule has 0 bridgehead atoms. The Kier molecular flexibility index (Phi) is 7.37. The Bertz CT molecular complexity index is 525. The summed E-state index contributed by atoms with van der Waals surface area (Å²) in [6.07, 6.45) is 1.14. The monoisotopic (exact) mass is 333 g/mol. The molecule has 134 valence electrons. The van der Waals surface area contributed by atoms with Gasteiger partial charge in [-0.1, -0.05) is 26.0 Å². The molecule has 1 aliphatic rings. The maximum atomic E-state index is 5.80. The van der Waals surface area contributed by atoms with Crippen molar-refractivity contribution in [2.75, 3.05) is 40.5 Å². The predicted octanol–water partition coefficient (Wildman–Crippen LogP) is 2.77. The maximum absolute atomic E-state index is 5.80. The van der Waals surface area contributed by atoms with Crippen molar-refractivity contribution in [2.45, 2.75) is 26.8 Å². The zero-order valence-electron chi connectivity index (χ0n) is 15.4. The van der Waals surface area contributed by atoms with Crippen LogP contribution in [0.5, 0.6) is 5.75 Å². The van der Waals surface area contributed by atoms with Crippen LogP contribution < -0.4 is 10.1 Å². The summed E-state index contributed by atoms with van der Waals surface area (Å²) in [4.78, 5) is 6.57. The lowest BCUT2D eigenvalue weighted by Gasteiger charge is -2.24. The summed E-state index contributed by atoms with van der Waals surface area (Å²) in [5.41, 5.74) is 1.19. The lowest BCUT2D eigenvalue weighted by atomic mass is 10.1. The quantitative estimate of drug-likeness (QED) is 0.616. The van der Waals surface area contributed by atoms with Crippen LogP contribution in [-0.2, 0) is 11.3 Å². The first kappa shape index (κ1) is 18.6. The van der Waals surface area contributed by atoms with Gasteiger partial charge in [0.05, 0.1) is 13.2 Å². The zero-order valence-corrected chi connectivity index (χ0v) is 15.4. The van der Waals surface area contributed by atoms with E-state index < -0.39 is 0 Å². The van der Waals surface area contributed by atoms with Crippen LogP contribution in [0.25, 0.3) is 0 Å². The van der Waals surface area contributed by atoms with E-state index in [1.807, 2.05) is 19.2 Å². The molecule has 2 rings (SSSR count). The highest BCUT2D eigenvalue weighted by molar-refractivity contribution is 5.79. The molecule has 1 heterocycles. The summed E-state index contributed by atoms with van der Waals surface area (Å²) in [7, 11) is 3.90. The van der Waals surface area contributed by atoms with E-state index >= 15 is 0 Å². The molecule has 1 aliphatic heterocycles. The summed E-state index contributed by atoms with van der Waals surface area (Å²) in [6.45, 7) is 8.49. The Morgan fingerprint density at radius 3 is 2.96 bits per heavy atom. The molecule has 24 heavy (non-hydrogen) atoms. The van der Waals surface area contributed by atoms with Crippen LogP contribution >= 0.6 is 0 Å².